The molecule has 0 amide bonds. The summed E-state index contributed by atoms with van der Waals surface area (Å²) in [5, 5.41) is 0.237. The topological polar surface area (TPSA) is 68.4 Å². The van der Waals surface area contributed by atoms with Gasteiger partial charge in [-0.1, -0.05) is 11.6 Å². The van der Waals surface area contributed by atoms with Crippen LogP contribution in [0.3, 0.4) is 0 Å². The summed E-state index contributed by atoms with van der Waals surface area (Å²) in [6.07, 6.45) is 1.33. The van der Waals surface area contributed by atoms with Crippen LogP contribution < -0.4 is 0 Å². The van der Waals surface area contributed by atoms with Crippen molar-refractivity contribution in [1.29, 1.82) is 0 Å². The molecule has 0 fully saturated rings. The first-order chi connectivity index (χ1) is 7.10. The number of carbonyl (C=O) groups excluding carboxylic acids is 2. The molecule has 0 saturated heterocycles. The lowest BCUT2D eigenvalue weighted by Crippen LogP contribution is -2.09. The Bertz CT molecular complexity index is 385. The Hall–Kier alpha value is -1.49. The van der Waals surface area contributed by atoms with Gasteiger partial charge in [0, 0.05) is 11.8 Å². The number of ether oxygens (including phenoxy) is 2. The van der Waals surface area contributed by atoms with Crippen molar-refractivity contribution in [2.45, 2.75) is 6.42 Å². The summed E-state index contributed by atoms with van der Waals surface area (Å²) in [5.74, 6) is -1.02. The molecule has 0 bridgehead atoms. The van der Waals surface area contributed by atoms with Gasteiger partial charge in [-0.2, -0.15) is 0 Å². The van der Waals surface area contributed by atoms with E-state index in [1.54, 1.807) is 0 Å². The van der Waals surface area contributed by atoms with Crippen LogP contribution in [-0.4, -0.2) is 31.1 Å². The van der Waals surface area contributed by atoms with E-state index in [0.29, 0.717) is 5.56 Å². The van der Waals surface area contributed by atoms with Gasteiger partial charge in [-0.15, -0.1) is 0 Å². The van der Waals surface area contributed by atoms with Crippen molar-refractivity contribution in [3.05, 3.63) is 22.5 Å². The monoisotopic (exact) mass is 231 g/mol. The molecule has 0 aromatic carbocycles. The Kier molecular flexibility index (Phi) is 3.74. The van der Waals surface area contributed by atoms with Crippen LogP contribution >= 0.6 is 11.6 Å². The largest absolute Gasteiger partial charge is 0.469 e. The highest BCUT2D eigenvalue weighted by molar-refractivity contribution is 6.31. The van der Waals surface area contributed by atoms with Crippen LogP contribution in [0.5, 0.6) is 0 Å². The lowest BCUT2D eigenvalue weighted by molar-refractivity contribution is -0.139. The molecule has 1 aromatic rings. The highest BCUT2D eigenvalue weighted by atomic mass is 35.5. The summed E-state index contributed by atoms with van der Waals surface area (Å²) in [4.78, 5) is 25.0. The smallest absolute Gasteiger partial charge is 0.339 e. The Morgan fingerprint density at radius 1 is 1.40 bits per heavy atom. The van der Waals surface area contributed by atoms with Crippen molar-refractivity contribution in [3.63, 3.8) is 0 Å². The van der Waals surface area contributed by atoms with E-state index in [2.05, 4.69) is 14.5 Å². The molecule has 0 aliphatic rings. The number of carbonyl (C=O) groups is 2. The number of halogens is 1. The zero-order chi connectivity index (χ0) is 11.4. The van der Waals surface area contributed by atoms with E-state index in [0.717, 1.165) is 0 Å². The van der Waals surface area contributed by atoms with Gasteiger partial charge in [0.15, 0.2) is 0 Å². The van der Waals surface area contributed by atoms with Crippen LogP contribution in [0, 0.1) is 0 Å². The predicted molar refractivity (Wildman–Crippen MR) is 52.9 cm³/mol. The third-order valence-corrected chi connectivity index (χ3v) is 2.22. The third kappa shape index (κ3) is 2.50. The Morgan fingerprint density at radius 3 is 2.60 bits per heavy atom. The van der Waals surface area contributed by atoms with Gasteiger partial charge in [0.2, 0.25) is 0 Å². The minimum absolute atomic E-state index is 0.0662. The average Bonchev–Trinajstić information content (AvgIpc) is 2.59. The summed E-state index contributed by atoms with van der Waals surface area (Å²) < 4.78 is 9.02. The molecule has 15 heavy (non-hydrogen) atoms. The average molecular weight is 232 g/mol. The van der Waals surface area contributed by atoms with Gasteiger partial charge < -0.3 is 14.5 Å². The lowest BCUT2D eigenvalue weighted by atomic mass is 10.1. The van der Waals surface area contributed by atoms with Crippen LogP contribution in [0.4, 0.5) is 0 Å². The molecule has 5 nitrogen and oxygen atoms in total. The SMILES string of the molecule is COC(=O)Cc1c(C(=O)OC)c[nH]c1Cl. The number of aromatic amines is 1. The van der Waals surface area contributed by atoms with Crippen molar-refractivity contribution >= 4 is 23.5 Å². The van der Waals surface area contributed by atoms with Gasteiger partial charge in [-0.25, -0.2) is 4.79 Å². The van der Waals surface area contributed by atoms with Gasteiger partial charge in [-0.3, -0.25) is 4.79 Å². The van der Waals surface area contributed by atoms with E-state index in [4.69, 9.17) is 11.6 Å². The maximum atomic E-state index is 11.3. The number of esters is 2. The van der Waals surface area contributed by atoms with Crippen molar-refractivity contribution in [2.75, 3.05) is 14.2 Å². The zero-order valence-electron chi connectivity index (χ0n) is 8.30. The molecule has 0 unspecified atom stereocenters. The molecule has 0 radical (unpaired) electrons. The van der Waals surface area contributed by atoms with E-state index >= 15 is 0 Å². The second kappa shape index (κ2) is 4.84. The number of hydrogen-bond donors (Lipinski definition) is 1. The second-order valence-electron chi connectivity index (χ2n) is 2.74. The molecule has 1 aromatic heterocycles. The van der Waals surface area contributed by atoms with E-state index in [1.807, 2.05) is 0 Å². The fourth-order valence-electron chi connectivity index (χ4n) is 1.11. The predicted octanol–water partition coefficient (Wildman–Crippen LogP) is 1.17. The van der Waals surface area contributed by atoms with E-state index < -0.39 is 11.9 Å². The first kappa shape index (κ1) is 11.6. The van der Waals surface area contributed by atoms with Gasteiger partial charge in [0.05, 0.1) is 26.2 Å². The molecular weight excluding hydrogens is 222 g/mol. The van der Waals surface area contributed by atoms with Crippen molar-refractivity contribution in [1.82, 2.24) is 4.98 Å². The van der Waals surface area contributed by atoms with Gasteiger partial charge in [0.25, 0.3) is 0 Å². The molecule has 0 atom stereocenters. The lowest BCUT2D eigenvalue weighted by Gasteiger charge is -2.01. The maximum absolute atomic E-state index is 11.3. The Balaban J connectivity index is 2.99. The number of methoxy groups -OCH3 is 2. The second-order valence-corrected chi connectivity index (χ2v) is 3.12. The molecule has 0 aliphatic carbocycles. The first-order valence-corrected chi connectivity index (χ1v) is 4.48. The molecule has 0 spiro atoms. The van der Waals surface area contributed by atoms with E-state index in [9.17, 15) is 9.59 Å². The van der Waals surface area contributed by atoms with Crippen molar-refractivity contribution in [3.8, 4) is 0 Å². The molecule has 82 valence electrons. The fraction of sp³-hybridized carbons (Fsp3) is 0.333. The molecule has 1 rings (SSSR count). The minimum Gasteiger partial charge on any atom is -0.469 e. The normalized spacial score (nSPS) is 9.80. The molecule has 1 heterocycles. The number of H-pyrrole nitrogens is 1. The van der Waals surface area contributed by atoms with E-state index in [-0.39, 0.29) is 17.1 Å². The Labute approximate surface area is 91.3 Å². The molecule has 6 heteroatoms. The molecule has 0 saturated carbocycles. The van der Waals surface area contributed by atoms with Gasteiger partial charge in [0.1, 0.15) is 5.15 Å². The van der Waals surface area contributed by atoms with Crippen LogP contribution in [-0.2, 0) is 20.7 Å². The number of rotatable bonds is 3. The summed E-state index contributed by atoms with van der Waals surface area (Å²) in [6.45, 7) is 0. The Morgan fingerprint density at radius 2 is 2.07 bits per heavy atom. The summed E-state index contributed by atoms with van der Waals surface area (Å²) in [5.41, 5.74) is 0.628. The highest BCUT2D eigenvalue weighted by Crippen LogP contribution is 2.20. The zero-order valence-corrected chi connectivity index (χ0v) is 9.05. The van der Waals surface area contributed by atoms with Gasteiger partial charge in [-0.05, 0) is 0 Å². The number of nitrogens with one attached hydrogen (secondary N) is 1. The van der Waals surface area contributed by atoms with Crippen LogP contribution in [0.2, 0.25) is 5.15 Å². The quantitative estimate of drug-likeness (QED) is 0.793. The van der Waals surface area contributed by atoms with Crippen LogP contribution in [0.15, 0.2) is 6.20 Å². The molecular formula is C9H10ClNO4. The minimum atomic E-state index is -0.544. The van der Waals surface area contributed by atoms with Gasteiger partial charge >= 0.3 is 11.9 Å². The third-order valence-electron chi connectivity index (χ3n) is 1.89. The number of hydrogen-bond acceptors (Lipinski definition) is 4. The number of aromatic nitrogens is 1. The first-order valence-electron chi connectivity index (χ1n) is 4.11. The summed E-state index contributed by atoms with van der Waals surface area (Å²) >= 11 is 5.78. The molecule has 1 N–H and O–H groups in total. The highest BCUT2D eigenvalue weighted by Gasteiger charge is 2.19. The standard InChI is InChI=1S/C9H10ClNO4/c1-14-7(12)3-5-6(9(13)15-2)4-11-8(5)10/h4,11H,3H2,1-2H3. The van der Waals surface area contributed by atoms with Crippen LogP contribution in [0.25, 0.3) is 0 Å². The van der Waals surface area contributed by atoms with E-state index in [1.165, 1.54) is 20.4 Å². The van der Waals surface area contributed by atoms with Crippen LogP contribution in [0.1, 0.15) is 15.9 Å². The molecule has 0 aliphatic heterocycles. The van der Waals surface area contributed by atoms with Crippen molar-refractivity contribution < 1.29 is 19.1 Å². The van der Waals surface area contributed by atoms with Crippen molar-refractivity contribution in [2.24, 2.45) is 0 Å². The fourth-order valence-corrected chi connectivity index (χ4v) is 1.33. The summed E-state index contributed by atoms with van der Waals surface area (Å²) in [7, 11) is 2.52. The summed E-state index contributed by atoms with van der Waals surface area (Å²) in [6, 6.07) is 0. The maximum Gasteiger partial charge on any atom is 0.339 e.